The average Bonchev–Trinajstić information content (AvgIpc) is 3.31. The Labute approximate surface area is 205 Å². The molecule has 0 bridgehead atoms. The van der Waals surface area contributed by atoms with Crippen LogP contribution in [0.15, 0.2) is 30.6 Å². The van der Waals surface area contributed by atoms with Gasteiger partial charge in [0, 0.05) is 59.9 Å². The van der Waals surface area contributed by atoms with Crippen LogP contribution in [-0.4, -0.2) is 31.3 Å². The van der Waals surface area contributed by atoms with Crippen molar-refractivity contribution in [3.05, 3.63) is 63.1 Å². The van der Waals surface area contributed by atoms with Gasteiger partial charge in [-0.1, -0.05) is 27.2 Å². The van der Waals surface area contributed by atoms with E-state index in [1.807, 2.05) is 30.1 Å². The molecule has 1 fully saturated rings. The van der Waals surface area contributed by atoms with E-state index < -0.39 is 0 Å². The number of aryl methyl sites for hydroxylation is 3. The molecule has 1 aliphatic carbocycles. The van der Waals surface area contributed by atoms with Gasteiger partial charge in [0.15, 0.2) is 0 Å². The third kappa shape index (κ3) is 6.26. The third-order valence-electron chi connectivity index (χ3n) is 6.53. The van der Waals surface area contributed by atoms with Gasteiger partial charge < -0.3 is 0 Å². The second-order valence-corrected chi connectivity index (χ2v) is 11.6. The number of carbonyl (C=O) groups excluding carboxylic acids is 2. The molecule has 0 unspecified atom stereocenters. The molecule has 1 saturated carbocycles. The van der Waals surface area contributed by atoms with Crippen LogP contribution >= 0.6 is 11.3 Å². The van der Waals surface area contributed by atoms with Crippen molar-refractivity contribution in [2.75, 3.05) is 0 Å². The van der Waals surface area contributed by atoms with E-state index in [4.69, 9.17) is 0 Å². The number of aromatic nitrogens is 4. The summed E-state index contributed by atoms with van der Waals surface area (Å²) in [4.78, 5) is 35.0. The molecule has 180 valence electrons. The van der Waals surface area contributed by atoms with Crippen molar-refractivity contribution in [3.8, 4) is 0 Å². The number of carbonyl (C=O) groups is 2. The van der Waals surface area contributed by atoms with Crippen LogP contribution in [0.1, 0.15) is 72.6 Å². The van der Waals surface area contributed by atoms with E-state index in [1.54, 1.807) is 17.5 Å². The van der Waals surface area contributed by atoms with Crippen molar-refractivity contribution < 1.29 is 9.59 Å². The van der Waals surface area contributed by atoms with Gasteiger partial charge in [-0.05, 0) is 49.4 Å². The predicted molar refractivity (Wildman–Crippen MR) is 134 cm³/mol. The lowest BCUT2D eigenvalue weighted by Gasteiger charge is -2.23. The Bertz CT molecular complexity index is 1170. The van der Waals surface area contributed by atoms with E-state index in [2.05, 4.69) is 41.9 Å². The largest absolute Gasteiger partial charge is 0.299 e. The molecule has 0 N–H and O–H groups in total. The van der Waals surface area contributed by atoms with Gasteiger partial charge in [0.05, 0.1) is 12.1 Å². The highest BCUT2D eigenvalue weighted by atomic mass is 32.1. The Morgan fingerprint density at radius 1 is 1.09 bits per heavy atom. The maximum Gasteiger partial charge on any atom is 0.145 e. The standard InChI is InChI=1S/C27H34N4O2S/c1-27(2,3)25-15-21(31(4)30-25)14-22(32)16-26-29-17-23(34-26)9-8-18-10-11-28-20(12-18)13-24(33)19-6-5-7-19/h10-12,15,17,19H,5-9,13-14,16H2,1-4H3. The zero-order valence-corrected chi connectivity index (χ0v) is 21.5. The summed E-state index contributed by atoms with van der Waals surface area (Å²) in [6, 6.07) is 6.11. The number of thiazole rings is 1. The van der Waals surface area contributed by atoms with Crippen molar-refractivity contribution >= 4 is 22.9 Å². The van der Waals surface area contributed by atoms with Gasteiger partial charge >= 0.3 is 0 Å². The van der Waals surface area contributed by atoms with Gasteiger partial charge in [0.2, 0.25) is 0 Å². The Kier molecular flexibility index (Phi) is 7.41. The maximum absolute atomic E-state index is 12.7. The lowest BCUT2D eigenvalue weighted by Crippen LogP contribution is -2.23. The Morgan fingerprint density at radius 3 is 2.56 bits per heavy atom. The minimum absolute atomic E-state index is 0.0367. The Morgan fingerprint density at radius 2 is 1.88 bits per heavy atom. The zero-order chi connectivity index (χ0) is 24.3. The summed E-state index contributed by atoms with van der Waals surface area (Å²) >= 11 is 1.61. The second kappa shape index (κ2) is 10.3. The van der Waals surface area contributed by atoms with Gasteiger partial charge in [-0.2, -0.15) is 5.10 Å². The molecule has 3 heterocycles. The lowest BCUT2D eigenvalue weighted by atomic mass is 9.81. The van der Waals surface area contributed by atoms with Gasteiger partial charge in [-0.15, -0.1) is 11.3 Å². The van der Waals surface area contributed by atoms with E-state index >= 15 is 0 Å². The molecule has 3 aromatic rings. The highest BCUT2D eigenvalue weighted by molar-refractivity contribution is 7.11. The van der Waals surface area contributed by atoms with Crippen LogP contribution in [0.3, 0.4) is 0 Å². The molecule has 0 amide bonds. The number of pyridine rings is 1. The molecule has 0 spiro atoms. The van der Waals surface area contributed by atoms with Crippen LogP contribution in [-0.2, 0) is 54.2 Å². The van der Waals surface area contributed by atoms with Crippen molar-refractivity contribution in [3.63, 3.8) is 0 Å². The number of nitrogens with zero attached hydrogens (tertiary/aromatic N) is 4. The fourth-order valence-electron chi connectivity index (χ4n) is 4.12. The summed E-state index contributed by atoms with van der Waals surface area (Å²) < 4.78 is 1.81. The van der Waals surface area contributed by atoms with Crippen molar-refractivity contribution in [1.82, 2.24) is 19.7 Å². The van der Waals surface area contributed by atoms with Crippen LogP contribution in [0.4, 0.5) is 0 Å². The first-order chi connectivity index (χ1) is 16.2. The smallest absolute Gasteiger partial charge is 0.145 e. The fourth-order valence-corrected chi connectivity index (χ4v) is 5.07. The zero-order valence-electron chi connectivity index (χ0n) is 20.6. The first kappa shape index (κ1) is 24.5. The summed E-state index contributed by atoms with van der Waals surface area (Å²) in [5.74, 6) is 0.731. The maximum atomic E-state index is 12.7. The van der Waals surface area contributed by atoms with Crippen molar-refractivity contribution in [2.45, 2.75) is 77.6 Å². The minimum atomic E-state index is -0.0367. The van der Waals surface area contributed by atoms with E-state index in [9.17, 15) is 9.59 Å². The van der Waals surface area contributed by atoms with Crippen LogP contribution in [0.5, 0.6) is 0 Å². The number of rotatable bonds is 10. The lowest BCUT2D eigenvalue weighted by molar-refractivity contribution is -0.124. The summed E-state index contributed by atoms with van der Waals surface area (Å²) in [5, 5.41) is 5.43. The molecule has 0 atom stereocenters. The SMILES string of the molecule is Cn1nc(C(C)(C)C)cc1CC(=O)Cc1ncc(CCc2ccnc(CC(=O)C3CCC3)c2)s1. The summed E-state index contributed by atoms with van der Waals surface area (Å²) in [7, 11) is 1.90. The first-order valence-corrected chi connectivity index (χ1v) is 12.9. The molecule has 34 heavy (non-hydrogen) atoms. The number of hydrogen-bond acceptors (Lipinski definition) is 6. The molecule has 6 nitrogen and oxygen atoms in total. The molecular formula is C27H34N4O2S. The van der Waals surface area contributed by atoms with Crippen LogP contribution in [0, 0.1) is 5.92 Å². The molecule has 0 aliphatic heterocycles. The van der Waals surface area contributed by atoms with Crippen LogP contribution in [0.25, 0.3) is 0 Å². The average molecular weight is 479 g/mol. The number of Topliss-reactive ketones (excluding diaryl/α,β-unsaturated/α-hetero) is 2. The minimum Gasteiger partial charge on any atom is -0.299 e. The molecule has 0 radical (unpaired) electrons. The molecule has 7 heteroatoms. The Hall–Kier alpha value is -2.67. The summed E-state index contributed by atoms with van der Waals surface area (Å²) in [6.45, 7) is 6.37. The predicted octanol–water partition coefficient (Wildman–Crippen LogP) is 4.62. The second-order valence-electron chi connectivity index (χ2n) is 10.4. The van der Waals surface area contributed by atoms with Gasteiger partial charge in [0.25, 0.3) is 0 Å². The van der Waals surface area contributed by atoms with Crippen molar-refractivity contribution in [2.24, 2.45) is 13.0 Å². The van der Waals surface area contributed by atoms with E-state index in [0.717, 1.165) is 47.8 Å². The van der Waals surface area contributed by atoms with Crippen LogP contribution < -0.4 is 0 Å². The summed E-state index contributed by atoms with van der Waals surface area (Å²) in [5.41, 5.74) is 3.96. The highest BCUT2D eigenvalue weighted by Crippen LogP contribution is 2.28. The molecule has 1 aliphatic rings. The van der Waals surface area contributed by atoms with Gasteiger partial charge in [-0.25, -0.2) is 4.98 Å². The van der Waals surface area contributed by atoms with Crippen LogP contribution in [0.2, 0.25) is 0 Å². The number of hydrogen-bond donors (Lipinski definition) is 0. The molecule has 0 saturated heterocycles. The molecule has 3 aromatic heterocycles. The monoisotopic (exact) mass is 478 g/mol. The third-order valence-corrected chi connectivity index (χ3v) is 7.59. The van der Waals surface area contributed by atoms with E-state index in [-0.39, 0.29) is 17.1 Å². The topological polar surface area (TPSA) is 77.7 Å². The number of ketones is 2. The highest BCUT2D eigenvalue weighted by Gasteiger charge is 2.25. The van der Waals surface area contributed by atoms with E-state index in [1.165, 1.54) is 16.9 Å². The Balaban J connectivity index is 1.28. The van der Waals surface area contributed by atoms with Gasteiger partial charge in [0.1, 0.15) is 16.6 Å². The molecular weight excluding hydrogens is 444 g/mol. The molecule has 4 rings (SSSR count). The van der Waals surface area contributed by atoms with Gasteiger partial charge in [-0.3, -0.25) is 19.3 Å². The van der Waals surface area contributed by atoms with Crippen molar-refractivity contribution in [1.29, 1.82) is 0 Å². The summed E-state index contributed by atoms with van der Waals surface area (Å²) in [6.07, 6.45) is 9.83. The normalized spacial score (nSPS) is 14.2. The first-order valence-electron chi connectivity index (χ1n) is 12.1. The van der Waals surface area contributed by atoms with E-state index in [0.29, 0.717) is 25.0 Å². The quantitative estimate of drug-likeness (QED) is 0.425. The molecule has 0 aromatic carbocycles. The fraction of sp³-hybridized carbons (Fsp3) is 0.519.